The molecular formula is C17H25ClN4O. The van der Waals surface area contributed by atoms with Crippen molar-refractivity contribution in [1.29, 1.82) is 0 Å². The van der Waals surface area contributed by atoms with Gasteiger partial charge in [-0.25, -0.2) is 0 Å². The summed E-state index contributed by atoms with van der Waals surface area (Å²) in [5.41, 5.74) is 2.88. The van der Waals surface area contributed by atoms with Crippen LogP contribution in [0.15, 0.2) is 36.5 Å². The van der Waals surface area contributed by atoms with E-state index >= 15 is 0 Å². The fourth-order valence-electron chi connectivity index (χ4n) is 2.44. The Labute approximate surface area is 144 Å². The molecule has 0 unspecified atom stereocenters. The van der Waals surface area contributed by atoms with Crippen LogP contribution in [0.25, 0.3) is 0 Å². The van der Waals surface area contributed by atoms with Crippen LogP contribution < -0.4 is 5.32 Å². The normalized spacial score (nSPS) is 10.2. The SMILES string of the molecule is CCc1c(C(=O)N(C)CCNC)cnn1Cc1ccccc1.Cl. The summed E-state index contributed by atoms with van der Waals surface area (Å²) in [6.07, 6.45) is 2.48. The lowest BCUT2D eigenvalue weighted by molar-refractivity contribution is 0.0795. The molecule has 0 saturated heterocycles. The number of benzene rings is 1. The Balaban J connectivity index is 0.00000264. The summed E-state index contributed by atoms with van der Waals surface area (Å²) in [6, 6.07) is 10.2. The van der Waals surface area contributed by atoms with Gasteiger partial charge in [0.25, 0.3) is 5.91 Å². The smallest absolute Gasteiger partial charge is 0.257 e. The third-order valence-electron chi connectivity index (χ3n) is 3.73. The number of carbonyl (C=O) groups is 1. The lowest BCUT2D eigenvalue weighted by Gasteiger charge is -2.17. The predicted molar refractivity (Wildman–Crippen MR) is 95.3 cm³/mol. The van der Waals surface area contributed by atoms with Gasteiger partial charge in [-0.15, -0.1) is 12.4 Å². The molecule has 23 heavy (non-hydrogen) atoms. The van der Waals surface area contributed by atoms with Crippen molar-refractivity contribution in [3.8, 4) is 0 Å². The molecule has 0 aliphatic carbocycles. The number of rotatable bonds is 7. The average molecular weight is 337 g/mol. The number of hydrogen-bond donors (Lipinski definition) is 1. The van der Waals surface area contributed by atoms with Crippen LogP contribution in [0.1, 0.15) is 28.5 Å². The van der Waals surface area contributed by atoms with Crippen molar-refractivity contribution in [2.24, 2.45) is 0 Å². The van der Waals surface area contributed by atoms with Crippen molar-refractivity contribution in [1.82, 2.24) is 20.0 Å². The number of likely N-dealkylation sites (N-methyl/N-ethyl adjacent to an activating group) is 2. The van der Waals surface area contributed by atoms with Crippen molar-refractivity contribution in [3.05, 3.63) is 53.3 Å². The topological polar surface area (TPSA) is 50.2 Å². The zero-order chi connectivity index (χ0) is 15.9. The first kappa shape index (κ1) is 19.2. The van der Waals surface area contributed by atoms with Crippen LogP contribution in [0, 0.1) is 0 Å². The van der Waals surface area contributed by atoms with Crippen LogP contribution in [0.5, 0.6) is 0 Å². The standard InChI is InChI=1S/C17H24N4O.ClH/c1-4-16-15(17(22)20(3)11-10-18-2)12-19-21(16)13-14-8-6-5-7-9-14;/h5-9,12,18H,4,10-11,13H2,1-3H3;1H. The molecule has 0 spiro atoms. The number of aromatic nitrogens is 2. The number of hydrogen-bond acceptors (Lipinski definition) is 3. The Morgan fingerprint density at radius 1 is 1.30 bits per heavy atom. The highest BCUT2D eigenvalue weighted by Gasteiger charge is 2.19. The summed E-state index contributed by atoms with van der Waals surface area (Å²) >= 11 is 0. The van der Waals surface area contributed by atoms with Crippen LogP contribution in [0.3, 0.4) is 0 Å². The molecule has 0 atom stereocenters. The molecular weight excluding hydrogens is 312 g/mol. The summed E-state index contributed by atoms with van der Waals surface area (Å²) in [7, 11) is 3.71. The van der Waals surface area contributed by atoms with Crippen LogP contribution >= 0.6 is 12.4 Å². The van der Waals surface area contributed by atoms with Crippen LogP contribution in [0.2, 0.25) is 0 Å². The molecule has 0 bridgehead atoms. The summed E-state index contributed by atoms with van der Waals surface area (Å²) in [5, 5.41) is 7.48. The quantitative estimate of drug-likeness (QED) is 0.843. The second-order valence-electron chi connectivity index (χ2n) is 5.33. The lowest BCUT2D eigenvalue weighted by Crippen LogP contribution is -2.33. The van der Waals surface area contributed by atoms with Crippen molar-refractivity contribution in [2.45, 2.75) is 19.9 Å². The maximum absolute atomic E-state index is 12.5. The van der Waals surface area contributed by atoms with E-state index in [-0.39, 0.29) is 18.3 Å². The van der Waals surface area contributed by atoms with Crippen LogP contribution in [-0.4, -0.2) is 47.8 Å². The van der Waals surface area contributed by atoms with Gasteiger partial charge >= 0.3 is 0 Å². The molecule has 1 aromatic carbocycles. The van der Waals surface area contributed by atoms with Crippen molar-refractivity contribution in [2.75, 3.05) is 27.2 Å². The van der Waals surface area contributed by atoms with Gasteiger partial charge in [0.1, 0.15) is 0 Å². The number of nitrogens with one attached hydrogen (secondary N) is 1. The molecule has 2 aromatic rings. The van der Waals surface area contributed by atoms with Gasteiger partial charge in [0, 0.05) is 20.1 Å². The summed E-state index contributed by atoms with van der Waals surface area (Å²) < 4.78 is 1.93. The second kappa shape index (κ2) is 9.33. The van der Waals surface area contributed by atoms with Crippen molar-refractivity contribution >= 4 is 18.3 Å². The fourth-order valence-corrected chi connectivity index (χ4v) is 2.44. The van der Waals surface area contributed by atoms with Gasteiger partial charge in [-0.3, -0.25) is 9.48 Å². The number of halogens is 1. The zero-order valence-corrected chi connectivity index (χ0v) is 14.8. The molecule has 5 nitrogen and oxygen atoms in total. The maximum Gasteiger partial charge on any atom is 0.257 e. The van der Waals surface area contributed by atoms with Crippen molar-refractivity contribution < 1.29 is 4.79 Å². The van der Waals surface area contributed by atoms with E-state index in [1.807, 2.05) is 37.0 Å². The highest BCUT2D eigenvalue weighted by molar-refractivity contribution is 5.95. The van der Waals surface area contributed by atoms with Gasteiger partial charge in [-0.05, 0) is 19.0 Å². The van der Waals surface area contributed by atoms with Gasteiger partial charge in [-0.1, -0.05) is 37.3 Å². The first-order chi connectivity index (χ1) is 10.7. The Morgan fingerprint density at radius 2 is 2.00 bits per heavy atom. The molecule has 0 saturated carbocycles. The van der Waals surface area contributed by atoms with E-state index in [0.29, 0.717) is 18.7 Å². The highest BCUT2D eigenvalue weighted by atomic mass is 35.5. The Kier molecular flexibility index (Phi) is 7.78. The fraction of sp³-hybridized carbons (Fsp3) is 0.412. The molecule has 1 aromatic heterocycles. The molecule has 2 rings (SSSR count). The third-order valence-corrected chi connectivity index (χ3v) is 3.73. The summed E-state index contributed by atoms with van der Waals surface area (Å²) in [5.74, 6) is 0.0337. The van der Waals surface area contributed by atoms with Gasteiger partial charge in [0.05, 0.1) is 24.0 Å². The van der Waals surface area contributed by atoms with E-state index in [4.69, 9.17) is 0 Å². The third kappa shape index (κ3) is 4.81. The maximum atomic E-state index is 12.5. The summed E-state index contributed by atoms with van der Waals surface area (Å²) in [6.45, 7) is 4.21. The Bertz CT molecular complexity index is 612. The van der Waals surface area contributed by atoms with E-state index in [2.05, 4.69) is 29.5 Å². The molecule has 1 amide bonds. The molecule has 126 valence electrons. The lowest BCUT2D eigenvalue weighted by atomic mass is 10.1. The number of carbonyl (C=O) groups excluding carboxylic acids is 1. The van der Waals surface area contributed by atoms with E-state index in [0.717, 1.165) is 18.7 Å². The molecule has 1 N–H and O–H groups in total. The minimum atomic E-state index is 0. The average Bonchev–Trinajstić information content (AvgIpc) is 2.95. The number of amides is 1. The van der Waals surface area contributed by atoms with Gasteiger partial charge in [-0.2, -0.15) is 5.10 Å². The summed E-state index contributed by atoms with van der Waals surface area (Å²) in [4.78, 5) is 14.3. The van der Waals surface area contributed by atoms with Crippen LogP contribution in [-0.2, 0) is 13.0 Å². The minimum absolute atomic E-state index is 0. The minimum Gasteiger partial charge on any atom is -0.340 e. The van der Waals surface area contributed by atoms with Gasteiger partial charge < -0.3 is 10.2 Å². The zero-order valence-electron chi connectivity index (χ0n) is 14.0. The molecule has 0 radical (unpaired) electrons. The van der Waals surface area contributed by atoms with Crippen LogP contribution in [0.4, 0.5) is 0 Å². The molecule has 0 aliphatic rings. The predicted octanol–water partition coefficient (Wildman–Crippen LogP) is 2.21. The molecule has 0 aliphatic heterocycles. The number of nitrogens with zero attached hydrogens (tertiary/aromatic N) is 3. The highest BCUT2D eigenvalue weighted by Crippen LogP contribution is 2.14. The van der Waals surface area contributed by atoms with E-state index < -0.39 is 0 Å². The van der Waals surface area contributed by atoms with Gasteiger partial charge in [0.15, 0.2) is 0 Å². The first-order valence-corrected chi connectivity index (χ1v) is 7.66. The van der Waals surface area contributed by atoms with E-state index in [1.165, 1.54) is 5.56 Å². The monoisotopic (exact) mass is 336 g/mol. The second-order valence-corrected chi connectivity index (χ2v) is 5.33. The molecule has 1 heterocycles. The van der Waals surface area contributed by atoms with E-state index in [9.17, 15) is 4.79 Å². The first-order valence-electron chi connectivity index (χ1n) is 7.66. The van der Waals surface area contributed by atoms with E-state index in [1.54, 1.807) is 11.1 Å². The largest absolute Gasteiger partial charge is 0.340 e. The van der Waals surface area contributed by atoms with Gasteiger partial charge in [0.2, 0.25) is 0 Å². The molecule has 6 heteroatoms. The molecule has 0 fully saturated rings. The Morgan fingerprint density at radius 3 is 2.61 bits per heavy atom. The Hall–Kier alpha value is -1.85. The van der Waals surface area contributed by atoms with Crippen molar-refractivity contribution in [3.63, 3.8) is 0 Å².